The molecule has 0 atom stereocenters. The number of carbonyl (C=O) groups is 1. The first-order valence-electron chi connectivity index (χ1n) is 10.0. The number of nitrogens with zero attached hydrogens (tertiary/aromatic N) is 2. The number of aromatic nitrogens is 2. The summed E-state index contributed by atoms with van der Waals surface area (Å²) >= 11 is 6.29. The lowest BCUT2D eigenvalue weighted by molar-refractivity contribution is -0.147. The summed E-state index contributed by atoms with van der Waals surface area (Å²) in [6.45, 7) is 3.85. The van der Waals surface area contributed by atoms with Gasteiger partial charge in [0.15, 0.2) is 0 Å². The summed E-state index contributed by atoms with van der Waals surface area (Å²) in [7, 11) is 0. The molecule has 0 amide bonds. The molecule has 1 aromatic heterocycles. The normalized spacial score (nSPS) is 21.1. The largest absolute Gasteiger partial charge is 0.490 e. The molecule has 1 N–H and O–H groups in total. The van der Waals surface area contributed by atoms with Crippen molar-refractivity contribution in [3.8, 4) is 34.3 Å². The van der Waals surface area contributed by atoms with Crippen LogP contribution in [-0.2, 0) is 4.79 Å². The Kier molecular flexibility index (Phi) is 5.27. The second-order valence-electron chi connectivity index (χ2n) is 7.34. The lowest BCUT2D eigenvalue weighted by atomic mass is 9.82. The van der Waals surface area contributed by atoms with Crippen molar-refractivity contribution in [1.29, 1.82) is 0 Å². The van der Waals surface area contributed by atoms with E-state index in [-0.39, 0.29) is 18.9 Å². The summed E-state index contributed by atoms with van der Waals surface area (Å²) in [4.78, 5) is 15.4. The minimum Gasteiger partial charge on any atom is -0.490 e. The van der Waals surface area contributed by atoms with Gasteiger partial charge in [0.05, 0.1) is 18.4 Å². The number of carboxylic acids is 1. The predicted molar refractivity (Wildman–Crippen MR) is 111 cm³/mol. The summed E-state index contributed by atoms with van der Waals surface area (Å²) in [5.41, 5.74) is 1.39. The zero-order chi connectivity index (χ0) is 22.2. The minimum absolute atomic E-state index is 0.0138. The van der Waals surface area contributed by atoms with Gasteiger partial charge in [0.2, 0.25) is 5.82 Å². The van der Waals surface area contributed by atoms with Crippen molar-refractivity contribution in [2.75, 3.05) is 0 Å². The maximum Gasteiger partial charge on any atom is 0.306 e. The second kappa shape index (κ2) is 8.36. The summed E-state index contributed by atoms with van der Waals surface area (Å²) in [5.74, 6) is 0.385. The van der Waals surface area contributed by atoms with Crippen LogP contribution >= 0.6 is 11.6 Å². The van der Waals surface area contributed by atoms with E-state index in [0.29, 0.717) is 39.4 Å². The van der Waals surface area contributed by atoms with Gasteiger partial charge in [0.1, 0.15) is 17.6 Å². The molecule has 0 bridgehead atoms. The number of carboxylic acid groups (broad SMARTS) is 1. The van der Waals surface area contributed by atoms with Crippen LogP contribution in [0, 0.1) is 5.92 Å². The Labute approximate surface area is 180 Å². The number of aliphatic carboxylic acids is 1. The Morgan fingerprint density at radius 3 is 2.57 bits per heavy atom. The zero-order valence-corrected chi connectivity index (χ0v) is 17.2. The Hall–Kier alpha value is -3.06. The zero-order valence-electron chi connectivity index (χ0n) is 17.5. The molecule has 8 heteroatoms. The quantitative estimate of drug-likeness (QED) is 0.559. The summed E-state index contributed by atoms with van der Waals surface area (Å²) in [5, 5.41) is 13.4. The first kappa shape index (κ1) is 18.9. The van der Waals surface area contributed by atoms with Crippen LogP contribution in [0.15, 0.2) is 47.0 Å². The smallest absolute Gasteiger partial charge is 0.306 e. The number of rotatable bonds is 7. The fraction of sp³-hybridized carbons (Fsp3) is 0.318. The second-order valence-corrected chi connectivity index (χ2v) is 7.75. The van der Waals surface area contributed by atoms with Gasteiger partial charge >= 0.3 is 5.97 Å². The molecule has 0 spiro atoms. The molecule has 1 fully saturated rings. The van der Waals surface area contributed by atoms with Crippen LogP contribution in [0.25, 0.3) is 22.8 Å². The highest BCUT2D eigenvalue weighted by atomic mass is 35.5. The van der Waals surface area contributed by atoms with Gasteiger partial charge in [0, 0.05) is 11.1 Å². The molecular formula is C22H21ClN2O5. The van der Waals surface area contributed by atoms with E-state index in [4.69, 9.17) is 32.1 Å². The molecule has 4 rings (SSSR count). The summed E-state index contributed by atoms with van der Waals surface area (Å²) in [6.07, 6.45) is -0.853. The van der Waals surface area contributed by atoms with Gasteiger partial charge in [-0.1, -0.05) is 16.8 Å². The van der Waals surface area contributed by atoms with Crippen molar-refractivity contribution in [3.05, 3.63) is 47.5 Å². The highest BCUT2D eigenvalue weighted by Gasteiger charge is 2.36. The molecule has 3 aromatic rings. The van der Waals surface area contributed by atoms with E-state index in [9.17, 15) is 4.79 Å². The fourth-order valence-corrected chi connectivity index (χ4v) is 3.25. The van der Waals surface area contributed by atoms with Crippen molar-refractivity contribution in [2.24, 2.45) is 5.92 Å². The number of hydrogen-bond donors (Lipinski definition) is 1. The molecule has 30 heavy (non-hydrogen) atoms. The molecule has 1 aliphatic carbocycles. The lowest BCUT2D eigenvalue weighted by Crippen LogP contribution is -2.38. The average molecular weight is 430 g/mol. The highest BCUT2D eigenvalue weighted by Crippen LogP contribution is 2.33. The third-order valence-electron chi connectivity index (χ3n) is 4.64. The Bertz CT molecular complexity index is 1090. The first-order valence-corrected chi connectivity index (χ1v) is 9.93. The van der Waals surface area contributed by atoms with E-state index in [1.807, 2.05) is 19.9 Å². The fourth-order valence-electron chi connectivity index (χ4n) is 3.03. The molecule has 156 valence electrons. The van der Waals surface area contributed by atoms with E-state index in [0.717, 1.165) is 0 Å². The van der Waals surface area contributed by atoms with Crippen LogP contribution in [0.1, 0.15) is 28.1 Å². The highest BCUT2D eigenvalue weighted by molar-refractivity contribution is 6.32. The number of benzene rings is 2. The maximum absolute atomic E-state index is 10.9. The number of hydrogen-bond acceptors (Lipinski definition) is 6. The van der Waals surface area contributed by atoms with Gasteiger partial charge < -0.3 is 19.1 Å². The molecule has 0 saturated heterocycles. The van der Waals surface area contributed by atoms with Gasteiger partial charge in [-0.3, -0.25) is 4.79 Å². The summed E-state index contributed by atoms with van der Waals surface area (Å²) < 4.78 is 24.8. The van der Waals surface area contributed by atoms with Gasteiger partial charge in [-0.15, -0.1) is 0 Å². The van der Waals surface area contributed by atoms with Crippen molar-refractivity contribution in [2.45, 2.75) is 38.9 Å². The number of ether oxygens (including phenoxy) is 2. The standard InChI is InChI=1S/C22H21ClN2O5/c1-12(2)28-19-8-5-14(11-18(19)23)20-24-21(30-25-20)13-3-6-16(7-4-13)29-17-9-15(10-17)22(26)27/h3-8,11-12,15,17H,9-10H2,1-2H3,(H,26,27)/i17D. The van der Waals surface area contributed by atoms with Crippen LogP contribution in [0.5, 0.6) is 11.5 Å². The van der Waals surface area contributed by atoms with E-state index in [1.54, 1.807) is 36.4 Å². The SMILES string of the molecule is [2H]C1(Oc2ccc(-c3nc(-c4ccc(OC(C)C)c(Cl)c4)no3)cc2)CC(C(=O)O)C1. The maximum atomic E-state index is 10.9. The Morgan fingerprint density at radius 2 is 1.93 bits per heavy atom. The molecule has 2 aromatic carbocycles. The van der Waals surface area contributed by atoms with Gasteiger partial charge in [-0.2, -0.15) is 4.98 Å². The van der Waals surface area contributed by atoms with Crippen molar-refractivity contribution < 1.29 is 25.3 Å². The van der Waals surface area contributed by atoms with Gasteiger partial charge in [-0.05, 0) is 69.2 Å². The van der Waals surface area contributed by atoms with Crippen LogP contribution in [0.4, 0.5) is 0 Å². The van der Waals surface area contributed by atoms with E-state index in [2.05, 4.69) is 10.1 Å². The molecule has 7 nitrogen and oxygen atoms in total. The van der Waals surface area contributed by atoms with Crippen molar-refractivity contribution >= 4 is 17.6 Å². The Morgan fingerprint density at radius 1 is 1.23 bits per heavy atom. The molecule has 1 saturated carbocycles. The molecule has 1 heterocycles. The monoisotopic (exact) mass is 429 g/mol. The van der Waals surface area contributed by atoms with Crippen LogP contribution in [-0.4, -0.2) is 33.4 Å². The van der Waals surface area contributed by atoms with E-state index < -0.39 is 18.0 Å². The van der Waals surface area contributed by atoms with E-state index in [1.165, 1.54) is 0 Å². The lowest BCUT2D eigenvalue weighted by Gasteiger charge is -2.32. The molecule has 1 aliphatic rings. The molecule has 0 unspecified atom stereocenters. The first-order chi connectivity index (χ1) is 14.7. The van der Waals surface area contributed by atoms with Crippen LogP contribution in [0.2, 0.25) is 5.02 Å². The van der Waals surface area contributed by atoms with Gasteiger partial charge in [0.25, 0.3) is 5.89 Å². The van der Waals surface area contributed by atoms with Crippen LogP contribution in [0.3, 0.4) is 0 Å². The summed E-state index contributed by atoms with van der Waals surface area (Å²) in [6, 6.07) is 12.2. The topological polar surface area (TPSA) is 94.7 Å². The Balaban J connectivity index is 1.45. The third-order valence-corrected chi connectivity index (χ3v) is 4.93. The van der Waals surface area contributed by atoms with Crippen molar-refractivity contribution in [3.63, 3.8) is 0 Å². The molecule has 0 aliphatic heterocycles. The van der Waals surface area contributed by atoms with E-state index >= 15 is 0 Å². The third kappa shape index (κ3) is 4.41. The van der Waals surface area contributed by atoms with Crippen LogP contribution < -0.4 is 9.47 Å². The average Bonchev–Trinajstić information content (AvgIpc) is 3.18. The predicted octanol–water partition coefficient (Wildman–Crippen LogP) is 5.09. The molecular weight excluding hydrogens is 408 g/mol. The number of halogens is 1. The van der Waals surface area contributed by atoms with Gasteiger partial charge in [-0.25, -0.2) is 0 Å². The van der Waals surface area contributed by atoms with Crippen molar-refractivity contribution in [1.82, 2.24) is 10.1 Å². The molecule has 0 radical (unpaired) electrons. The minimum atomic E-state index is -1.20.